The molecular weight excluding hydrogens is 367 g/mol. The van der Waals surface area contributed by atoms with E-state index in [1.54, 1.807) is 7.11 Å². The monoisotopic (exact) mass is 385 g/mol. The van der Waals surface area contributed by atoms with Crippen LogP contribution in [-0.4, -0.2) is 17.3 Å². The van der Waals surface area contributed by atoms with Crippen molar-refractivity contribution in [1.29, 1.82) is 0 Å². The number of aliphatic hydroxyl groups is 2. The van der Waals surface area contributed by atoms with E-state index in [0.717, 1.165) is 14.7 Å². The van der Waals surface area contributed by atoms with Crippen LogP contribution in [0.15, 0.2) is 36.4 Å². The molecule has 0 saturated carbocycles. The second-order valence-electron chi connectivity index (χ2n) is 4.47. The van der Waals surface area contributed by atoms with Gasteiger partial charge in [-0.05, 0) is 31.2 Å². The molecule has 2 aromatic carbocycles. The van der Waals surface area contributed by atoms with Crippen LogP contribution >= 0.6 is 0 Å². The van der Waals surface area contributed by atoms with Crippen molar-refractivity contribution in [3.63, 3.8) is 0 Å². The molecule has 2 rings (SSSR count). The zero-order valence-corrected chi connectivity index (χ0v) is 13.7. The summed E-state index contributed by atoms with van der Waals surface area (Å²) >= 11 is -0.434. The summed E-state index contributed by atoms with van der Waals surface area (Å²) in [6, 6.07) is 12.1. The van der Waals surface area contributed by atoms with Gasteiger partial charge in [-0.3, -0.25) is 0 Å². The molecule has 20 heavy (non-hydrogen) atoms. The first-order valence-electron chi connectivity index (χ1n) is 6.31. The van der Waals surface area contributed by atoms with E-state index in [1.165, 1.54) is 9.13 Å². The number of rotatable bonds is 5. The van der Waals surface area contributed by atoms with Gasteiger partial charge in [0, 0.05) is 11.1 Å². The highest BCUT2D eigenvalue weighted by Crippen LogP contribution is 2.17. The smallest absolute Gasteiger partial charge is 0.358 e. The molecule has 0 unspecified atom stereocenters. The third kappa shape index (κ3) is 3.50. The minimum atomic E-state index is -0.434. The number of methoxy groups -OCH3 is 1. The molecule has 0 aliphatic heterocycles. The minimum absolute atomic E-state index is 0.0366. The Morgan fingerprint density at radius 2 is 1.55 bits per heavy atom. The summed E-state index contributed by atoms with van der Waals surface area (Å²) in [6.45, 7) is 1.99. The third-order valence-corrected chi connectivity index (χ3v) is 6.25. The average Bonchev–Trinajstić information content (AvgIpc) is 2.49. The third-order valence-electron chi connectivity index (χ3n) is 2.99. The van der Waals surface area contributed by atoms with Crippen molar-refractivity contribution in [1.82, 2.24) is 0 Å². The van der Waals surface area contributed by atoms with Crippen LogP contribution < -0.4 is 25.9 Å². The number of aryl methyl sites for hydroxylation is 1. The van der Waals surface area contributed by atoms with Crippen molar-refractivity contribution >= 4 is 0 Å². The van der Waals surface area contributed by atoms with Gasteiger partial charge < -0.3 is 14.9 Å². The molecule has 106 valence electrons. The molecule has 0 amide bonds. The number of ether oxygens (including phenoxy) is 1. The van der Waals surface area contributed by atoms with E-state index in [0.29, 0.717) is 5.75 Å². The van der Waals surface area contributed by atoms with Crippen molar-refractivity contribution in [3.8, 4) is 5.75 Å². The molecule has 4 heteroatoms. The van der Waals surface area contributed by atoms with E-state index in [4.69, 9.17) is 4.74 Å². The lowest BCUT2D eigenvalue weighted by Gasteiger charge is -2.06. The quantitative estimate of drug-likeness (QED) is 0.658. The summed E-state index contributed by atoms with van der Waals surface area (Å²) in [6.07, 6.45) is 0. The van der Waals surface area contributed by atoms with Crippen LogP contribution in [-0.2, 0) is 13.2 Å². The molecule has 0 saturated heterocycles. The summed E-state index contributed by atoms with van der Waals surface area (Å²) in [4.78, 5) is 0. The Morgan fingerprint density at radius 3 is 2.00 bits per heavy atom. The van der Waals surface area contributed by atoms with Gasteiger partial charge in [0.1, 0.15) is 5.75 Å². The van der Waals surface area contributed by atoms with Gasteiger partial charge in [0.25, 0.3) is 0 Å². The molecule has 0 aliphatic carbocycles. The second-order valence-corrected chi connectivity index (χ2v) is 7.33. The maximum absolute atomic E-state index is 9.56. The molecule has 0 bridgehead atoms. The summed E-state index contributed by atoms with van der Waals surface area (Å²) < 4.78 is 7.56. The van der Waals surface area contributed by atoms with Crippen molar-refractivity contribution in [3.05, 3.63) is 60.2 Å². The normalized spacial score (nSPS) is 10.6. The molecule has 0 aliphatic rings. The van der Waals surface area contributed by atoms with E-state index in [-0.39, 0.29) is 13.2 Å². The highest BCUT2D eigenvalue weighted by molar-refractivity contribution is 5.33. The summed E-state index contributed by atoms with van der Waals surface area (Å²) in [5.41, 5.74) is 2.93. The number of benzene rings is 2. The molecule has 0 spiro atoms. The summed E-state index contributed by atoms with van der Waals surface area (Å²) in [7, 11) is 1.59. The molecule has 0 aromatic heterocycles. The maximum atomic E-state index is 9.56. The number of hydrogen-bond acceptors (Lipinski definition) is 3. The molecule has 0 fully saturated rings. The number of hydrogen-bond donors (Lipinski definition) is 2. The topological polar surface area (TPSA) is 49.7 Å². The Kier molecular flexibility index (Phi) is 5.39. The largest absolute Gasteiger partial charge is 0.497 e. The van der Waals surface area contributed by atoms with Crippen LogP contribution in [0.5, 0.6) is 5.75 Å². The Bertz CT molecular complexity index is 554. The van der Waals surface area contributed by atoms with Gasteiger partial charge in [0.05, 0.1) is 20.3 Å². The van der Waals surface area contributed by atoms with E-state index < -0.39 is 21.2 Å². The predicted octanol–water partition coefficient (Wildman–Crippen LogP) is -0.883. The fourth-order valence-corrected chi connectivity index (χ4v) is 4.58. The summed E-state index contributed by atoms with van der Waals surface area (Å²) in [5.74, 6) is 0.676. The minimum Gasteiger partial charge on any atom is -0.497 e. The molecule has 3 nitrogen and oxygen atoms in total. The zero-order valence-electron chi connectivity index (χ0n) is 11.6. The van der Waals surface area contributed by atoms with Crippen molar-refractivity contribution in [2.45, 2.75) is 20.1 Å². The zero-order chi connectivity index (χ0) is 14.5. The van der Waals surface area contributed by atoms with Crippen LogP contribution in [0.3, 0.4) is 0 Å². The first-order valence-corrected chi connectivity index (χ1v) is 8.46. The van der Waals surface area contributed by atoms with Crippen LogP contribution in [0.4, 0.5) is 0 Å². The Labute approximate surface area is 129 Å². The maximum Gasteiger partial charge on any atom is 0.358 e. The van der Waals surface area contributed by atoms with E-state index >= 15 is 0 Å². The van der Waals surface area contributed by atoms with Gasteiger partial charge in [-0.25, -0.2) is 0 Å². The highest BCUT2D eigenvalue weighted by Gasteiger charge is 2.25. The summed E-state index contributed by atoms with van der Waals surface area (Å²) in [5, 5.41) is 19.1. The van der Waals surface area contributed by atoms with Gasteiger partial charge in [0.2, 0.25) is 3.57 Å². The standard InChI is InChI=1S/C16H18IO3/c1-11-3-5-14(6-4-11)17-16-12(9-18)7-15(20-2)8-13(16)10-19/h3-8,18-19H,9-10H2,1-2H3/q+1. The van der Waals surface area contributed by atoms with Crippen LogP contribution in [0, 0.1) is 14.1 Å². The van der Waals surface area contributed by atoms with Gasteiger partial charge in [-0.15, -0.1) is 0 Å². The highest BCUT2D eigenvalue weighted by atomic mass is 127. The lowest BCUT2D eigenvalue weighted by atomic mass is 10.1. The van der Waals surface area contributed by atoms with Gasteiger partial charge in [0.15, 0.2) is 3.57 Å². The Balaban J connectivity index is 2.41. The van der Waals surface area contributed by atoms with Crippen molar-refractivity contribution in [2.24, 2.45) is 0 Å². The van der Waals surface area contributed by atoms with Gasteiger partial charge in [-0.1, -0.05) is 17.7 Å². The van der Waals surface area contributed by atoms with Crippen molar-refractivity contribution in [2.75, 3.05) is 7.11 Å². The van der Waals surface area contributed by atoms with Gasteiger partial charge >= 0.3 is 21.2 Å². The predicted molar refractivity (Wildman–Crippen MR) is 73.4 cm³/mol. The van der Waals surface area contributed by atoms with Crippen molar-refractivity contribution < 1.29 is 36.2 Å². The Hall–Kier alpha value is -1.11. The fraction of sp³-hybridized carbons (Fsp3) is 0.250. The SMILES string of the molecule is COc1cc(CO)c([I+]c2ccc(C)cc2)c(CO)c1. The van der Waals surface area contributed by atoms with Gasteiger partial charge in [-0.2, -0.15) is 0 Å². The van der Waals surface area contributed by atoms with E-state index in [2.05, 4.69) is 31.2 Å². The molecule has 2 aromatic rings. The van der Waals surface area contributed by atoms with E-state index in [1.807, 2.05) is 12.1 Å². The van der Waals surface area contributed by atoms with Crippen LogP contribution in [0.25, 0.3) is 0 Å². The second kappa shape index (κ2) is 7.06. The van der Waals surface area contributed by atoms with Crippen LogP contribution in [0.1, 0.15) is 16.7 Å². The van der Waals surface area contributed by atoms with E-state index in [9.17, 15) is 10.2 Å². The first-order chi connectivity index (χ1) is 9.67. The molecular formula is C16H18IO3+. The number of halogens is 1. The molecule has 0 atom stereocenters. The molecule has 0 radical (unpaired) electrons. The van der Waals surface area contributed by atoms with Crippen LogP contribution in [0.2, 0.25) is 0 Å². The number of aliphatic hydroxyl groups excluding tert-OH is 2. The molecule has 0 heterocycles. The lowest BCUT2D eigenvalue weighted by Crippen LogP contribution is -3.62. The average molecular weight is 385 g/mol. The molecule has 2 N–H and O–H groups in total. The lowest BCUT2D eigenvalue weighted by molar-refractivity contribution is -0.599. The Morgan fingerprint density at radius 1 is 1.00 bits per heavy atom. The fourth-order valence-electron chi connectivity index (χ4n) is 1.89. The first kappa shape index (κ1) is 15.3.